The Kier molecular flexibility index (Phi) is 12.7. The van der Waals surface area contributed by atoms with Crippen LogP contribution in [0.4, 0.5) is 0 Å². The summed E-state index contributed by atoms with van der Waals surface area (Å²) in [5, 5.41) is 9.91. The van der Waals surface area contributed by atoms with Gasteiger partial charge in [0.1, 0.15) is 0 Å². The van der Waals surface area contributed by atoms with E-state index in [1.165, 1.54) is 0 Å². The maximum Gasteiger partial charge on any atom is 0.00516 e. The van der Waals surface area contributed by atoms with Gasteiger partial charge in [0.15, 0.2) is 0 Å². The van der Waals surface area contributed by atoms with Crippen molar-refractivity contribution >= 4 is 0 Å². The fourth-order valence-corrected chi connectivity index (χ4v) is 2.00. The average molecular weight is 405 g/mol. The predicted octanol–water partition coefficient (Wildman–Crippen LogP) is 5.03. The minimum atomic E-state index is 0. The topological polar surface area (TPSA) is 20.2 Å². The van der Waals surface area contributed by atoms with Crippen molar-refractivity contribution in [2.75, 3.05) is 0 Å². The van der Waals surface area contributed by atoms with E-state index in [0.717, 1.165) is 11.1 Å². The number of aliphatic hydroxyl groups is 1. The summed E-state index contributed by atoms with van der Waals surface area (Å²) in [5.41, 5.74) is 1.69. The summed E-state index contributed by atoms with van der Waals surface area (Å²) < 4.78 is 0. The maximum atomic E-state index is 9.91. The molecule has 2 heteroatoms. The summed E-state index contributed by atoms with van der Waals surface area (Å²) in [5.74, 6) is 0. The molecule has 2 aromatic rings. The molecule has 1 N–H and O–H groups in total. The van der Waals surface area contributed by atoms with Crippen molar-refractivity contribution < 1.29 is 31.3 Å². The molecule has 0 unspecified atom stereocenters. The van der Waals surface area contributed by atoms with E-state index in [0.29, 0.717) is 6.10 Å². The Hall–Kier alpha value is -0.847. The van der Waals surface area contributed by atoms with Gasteiger partial charge in [-0.3, -0.25) is 0 Å². The van der Waals surface area contributed by atoms with Gasteiger partial charge in [-0.25, -0.2) is 0 Å². The molecule has 0 heterocycles. The predicted molar refractivity (Wildman–Crippen MR) is 99.3 cm³/mol. The minimum Gasteiger partial charge on any atom is -0.398 e. The van der Waals surface area contributed by atoms with Crippen LogP contribution >= 0.6 is 0 Å². The molecule has 2 aromatic carbocycles. The van der Waals surface area contributed by atoms with E-state index in [4.69, 9.17) is 0 Å². The van der Waals surface area contributed by atoms with Crippen molar-refractivity contribution in [1.29, 1.82) is 0 Å². The SMILES string of the molecule is O[C-](c1ccccc1)c1ccccc1.[CH]1[CH][CH][CH][CH]1.[CH]1[CH][CH][CH][CH]1.[Zr]. The Labute approximate surface area is 173 Å². The van der Waals surface area contributed by atoms with Crippen LogP contribution in [0.5, 0.6) is 0 Å². The number of benzene rings is 2. The Morgan fingerprint density at radius 3 is 0.920 bits per heavy atom. The van der Waals surface area contributed by atoms with Crippen LogP contribution in [0.3, 0.4) is 0 Å². The van der Waals surface area contributed by atoms with Crippen LogP contribution in [0.25, 0.3) is 0 Å². The molecule has 1 nitrogen and oxygen atoms in total. The summed E-state index contributed by atoms with van der Waals surface area (Å²) in [4.78, 5) is 0. The van der Waals surface area contributed by atoms with Crippen LogP contribution in [0.15, 0.2) is 60.7 Å². The molecule has 2 fully saturated rings. The summed E-state index contributed by atoms with van der Waals surface area (Å²) in [6.45, 7) is 0. The third kappa shape index (κ3) is 9.43. The summed E-state index contributed by atoms with van der Waals surface area (Å²) in [6, 6.07) is 19.1. The number of hydrogen-bond acceptors (Lipinski definition) is 1. The fourth-order valence-electron chi connectivity index (χ4n) is 2.00. The molecule has 0 amide bonds. The Morgan fingerprint density at radius 1 is 0.440 bits per heavy atom. The second kappa shape index (κ2) is 14.3. The quantitative estimate of drug-likeness (QED) is 0.696. The van der Waals surface area contributed by atoms with Gasteiger partial charge in [-0.1, -0.05) is 47.5 Å². The van der Waals surface area contributed by atoms with Crippen LogP contribution in [-0.2, 0) is 26.2 Å². The van der Waals surface area contributed by atoms with Gasteiger partial charge in [0.2, 0.25) is 0 Å². The van der Waals surface area contributed by atoms with Gasteiger partial charge in [-0.2, -0.15) is 0 Å². The second-order valence-corrected chi connectivity index (χ2v) is 5.01. The first kappa shape index (κ1) is 22.2. The number of hydrogen-bond donors (Lipinski definition) is 1. The molecule has 2 aliphatic rings. The largest absolute Gasteiger partial charge is 0.398 e. The second-order valence-electron chi connectivity index (χ2n) is 5.01. The smallest absolute Gasteiger partial charge is 0.00516 e. The van der Waals surface area contributed by atoms with Crippen molar-refractivity contribution in [3.63, 3.8) is 0 Å². The molecule has 25 heavy (non-hydrogen) atoms. The fraction of sp³-hybridized carbons (Fsp3) is 0. The van der Waals surface area contributed by atoms with Crippen molar-refractivity contribution in [1.82, 2.24) is 0 Å². The van der Waals surface area contributed by atoms with E-state index in [2.05, 4.69) is 0 Å². The molecular weight excluding hydrogens is 383 g/mol. The molecule has 10 radical (unpaired) electrons. The van der Waals surface area contributed by atoms with Gasteiger partial charge in [0.05, 0.1) is 0 Å². The van der Waals surface area contributed by atoms with Crippen LogP contribution in [0.2, 0.25) is 0 Å². The van der Waals surface area contributed by atoms with Crippen LogP contribution in [-0.4, -0.2) is 5.11 Å². The first-order chi connectivity index (χ1) is 11.9. The molecule has 4 rings (SSSR count). The van der Waals surface area contributed by atoms with Gasteiger partial charge in [0, 0.05) is 32.3 Å². The van der Waals surface area contributed by atoms with Gasteiger partial charge in [0.25, 0.3) is 0 Å². The molecule has 0 saturated heterocycles. The molecule has 0 aliphatic heterocycles. The van der Waals surface area contributed by atoms with Crippen molar-refractivity contribution in [2.45, 2.75) is 0 Å². The van der Waals surface area contributed by atoms with Gasteiger partial charge < -0.3 is 5.11 Å². The van der Waals surface area contributed by atoms with Crippen LogP contribution < -0.4 is 0 Å². The van der Waals surface area contributed by atoms with E-state index < -0.39 is 0 Å². The monoisotopic (exact) mass is 403 g/mol. The van der Waals surface area contributed by atoms with E-state index in [1.807, 2.05) is 125 Å². The first-order valence-electron chi connectivity index (χ1n) is 7.88. The van der Waals surface area contributed by atoms with Gasteiger partial charge >= 0.3 is 0 Å². The Morgan fingerprint density at radius 2 is 0.680 bits per heavy atom. The van der Waals surface area contributed by atoms with E-state index in [9.17, 15) is 5.11 Å². The van der Waals surface area contributed by atoms with Crippen molar-refractivity contribution in [3.05, 3.63) is 142 Å². The molecule has 0 bridgehead atoms. The third-order valence-corrected chi connectivity index (χ3v) is 3.21. The number of aliphatic hydroxyl groups excluding tert-OH is 1. The Bertz CT molecular complexity index is 454. The molecular formula is C23H21OZr-. The molecule has 0 spiro atoms. The normalized spacial score (nSPS) is 15.1. The third-order valence-electron chi connectivity index (χ3n) is 3.21. The van der Waals surface area contributed by atoms with Crippen molar-refractivity contribution in [2.24, 2.45) is 0 Å². The maximum absolute atomic E-state index is 9.91. The zero-order valence-electron chi connectivity index (χ0n) is 14.0. The number of rotatable bonds is 2. The molecule has 2 saturated carbocycles. The van der Waals surface area contributed by atoms with Crippen LogP contribution in [0.1, 0.15) is 11.1 Å². The molecule has 0 atom stereocenters. The Balaban J connectivity index is 0.000000233. The first-order valence-corrected chi connectivity index (χ1v) is 7.88. The van der Waals surface area contributed by atoms with Gasteiger partial charge in [-0.15, -0.1) is 24.3 Å². The molecule has 0 aromatic heterocycles. The zero-order valence-corrected chi connectivity index (χ0v) is 16.5. The van der Waals surface area contributed by atoms with Gasteiger partial charge in [-0.05, 0) is 64.2 Å². The summed E-state index contributed by atoms with van der Waals surface area (Å²) >= 11 is 0. The van der Waals surface area contributed by atoms with E-state index in [-0.39, 0.29) is 26.2 Å². The van der Waals surface area contributed by atoms with Crippen LogP contribution in [0, 0.1) is 70.3 Å². The summed E-state index contributed by atoms with van der Waals surface area (Å²) in [6.07, 6.45) is 20.3. The minimum absolute atomic E-state index is 0. The summed E-state index contributed by atoms with van der Waals surface area (Å²) in [7, 11) is 0. The average Bonchev–Trinajstić information content (AvgIpc) is 3.41. The molecule has 2 aliphatic carbocycles. The van der Waals surface area contributed by atoms with E-state index in [1.54, 1.807) is 0 Å². The van der Waals surface area contributed by atoms with Crippen molar-refractivity contribution in [3.8, 4) is 0 Å². The standard InChI is InChI=1S/C13H11O.2C5H5.Zr/c14-13(11-7-3-1-4-8-11)12-9-5-2-6-10-12;2*1-2-4-5-3-1;/h1-10,14H;2*1-5H;/q-1;;;. The van der Waals surface area contributed by atoms with E-state index >= 15 is 0 Å². The molecule has 124 valence electrons. The zero-order chi connectivity index (χ0) is 16.9.